The highest BCUT2D eigenvalue weighted by atomic mass is 35.5. The van der Waals surface area contributed by atoms with Gasteiger partial charge in [0.1, 0.15) is 5.75 Å². The van der Waals surface area contributed by atoms with Crippen LogP contribution >= 0.6 is 23.4 Å². The Morgan fingerprint density at radius 3 is 2.74 bits per heavy atom. The number of carbonyl (C=O) groups excluding carboxylic acids is 1. The van der Waals surface area contributed by atoms with Crippen LogP contribution in [0.25, 0.3) is 11.4 Å². The molecule has 2 aromatic carbocycles. The second kappa shape index (κ2) is 9.43. The van der Waals surface area contributed by atoms with Crippen molar-refractivity contribution in [2.45, 2.75) is 18.4 Å². The van der Waals surface area contributed by atoms with Crippen LogP contribution in [0.15, 0.2) is 57.9 Å². The zero-order valence-electron chi connectivity index (χ0n) is 14.6. The number of halogens is 1. The second-order valence-corrected chi connectivity index (χ2v) is 6.83. The smallest absolute Gasteiger partial charge is 0.316 e. The lowest BCUT2D eigenvalue weighted by Crippen LogP contribution is -2.07. The van der Waals surface area contributed by atoms with Gasteiger partial charge in [-0.1, -0.05) is 28.9 Å². The molecule has 1 aromatic heterocycles. The summed E-state index contributed by atoms with van der Waals surface area (Å²) in [6, 6.07) is 14.7. The van der Waals surface area contributed by atoms with Gasteiger partial charge in [0.15, 0.2) is 6.61 Å². The summed E-state index contributed by atoms with van der Waals surface area (Å²) >= 11 is 7.20. The maximum absolute atomic E-state index is 11.9. The Balaban J connectivity index is 1.53. The van der Waals surface area contributed by atoms with Crippen LogP contribution in [-0.2, 0) is 16.1 Å². The number of rotatable bonds is 8. The molecule has 3 rings (SSSR count). The van der Waals surface area contributed by atoms with E-state index in [1.54, 1.807) is 12.1 Å². The predicted octanol–water partition coefficient (Wildman–Crippen LogP) is 4.62. The van der Waals surface area contributed by atoms with Gasteiger partial charge in [0, 0.05) is 9.92 Å². The average Bonchev–Trinajstić information content (AvgIpc) is 3.15. The first-order valence-corrected chi connectivity index (χ1v) is 9.61. The van der Waals surface area contributed by atoms with E-state index in [2.05, 4.69) is 10.1 Å². The molecule has 0 aliphatic heterocycles. The van der Waals surface area contributed by atoms with Gasteiger partial charge in [-0.05, 0) is 43.3 Å². The second-order valence-electron chi connectivity index (χ2n) is 5.34. The van der Waals surface area contributed by atoms with E-state index in [9.17, 15) is 4.79 Å². The highest BCUT2D eigenvalue weighted by molar-refractivity contribution is 8.00. The summed E-state index contributed by atoms with van der Waals surface area (Å²) in [6.07, 6.45) is 0. The SMILES string of the molecule is CCOc1ccccc1-c1noc(COC(=O)CSc2ccc(Cl)cc2)n1. The predicted molar refractivity (Wildman–Crippen MR) is 103 cm³/mol. The normalized spacial score (nSPS) is 10.6. The van der Waals surface area contributed by atoms with Crippen LogP contribution in [0.2, 0.25) is 5.02 Å². The number of hydrogen-bond donors (Lipinski definition) is 0. The van der Waals surface area contributed by atoms with Crippen LogP contribution in [0.4, 0.5) is 0 Å². The maximum atomic E-state index is 11.9. The van der Waals surface area contributed by atoms with Crippen LogP contribution in [0.1, 0.15) is 12.8 Å². The third kappa shape index (κ3) is 5.48. The molecule has 3 aromatic rings. The molecule has 0 N–H and O–H groups in total. The van der Waals surface area contributed by atoms with Crippen LogP contribution < -0.4 is 4.74 Å². The van der Waals surface area contributed by atoms with Crippen molar-refractivity contribution in [3.63, 3.8) is 0 Å². The standard InChI is InChI=1S/C19H17ClN2O4S/c1-2-24-16-6-4-3-5-15(16)19-21-17(26-22-19)11-25-18(23)12-27-14-9-7-13(20)8-10-14/h3-10H,2,11-12H2,1H3. The largest absolute Gasteiger partial charge is 0.493 e. The summed E-state index contributed by atoms with van der Waals surface area (Å²) in [6.45, 7) is 2.36. The summed E-state index contributed by atoms with van der Waals surface area (Å²) in [4.78, 5) is 17.1. The molecule has 0 unspecified atom stereocenters. The van der Waals surface area contributed by atoms with Gasteiger partial charge in [0.25, 0.3) is 5.89 Å². The number of nitrogens with zero attached hydrogens (tertiary/aromatic N) is 2. The molecule has 0 fully saturated rings. The zero-order valence-corrected chi connectivity index (χ0v) is 16.1. The summed E-state index contributed by atoms with van der Waals surface area (Å²) in [5.41, 5.74) is 0.721. The number of aromatic nitrogens is 2. The first-order valence-electron chi connectivity index (χ1n) is 8.24. The van der Waals surface area contributed by atoms with Crippen LogP contribution in [-0.4, -0.2) is 28.5 Å². The number of carbonyl (C=O) groups is 1. The fourth-order valence-electron chi connectivity index (χ4n) is 2.21. The van der Waals surface area contributed by atoms with E-state index in [1.165, 1.54) is 11.8 Å². The fourth-order valence-corrected chi connectivity index (χ4v) is 3.03. The van der Waals surface area contributed by atoms with E-state index in [1.807, 2.05) is 43.3 Å². The third-order valence-corrected chi connectivity index (χ3v) is 4.66. The molecule has 0 saturated heterocycles. The van der Waals surface area contributed by atoms with Crippen molar-refractivity contribution < 1.29 is 18.8 Å². The number of esters is 1. The first-order chi connectivity index (χ1) is 13.2. The Kier molecular flexibility index (Phi) is 6.73. The molecule has 27 heavy (non-hydrogen) atoms. The molecule has 0 atom stereocenters. The van der Waals surface area contributed by atoms with E-state index in [0.29, 0.717) is 23.2 Å². The summed E-state index contributed by atoms with van der Waals surface area (Å²) in [5, 5.41) is 4.59. The van der Waals surface area contributed by atoms with E-state index in [0.717, 1.165) is 10.5 Å². The minimum absolute atomic E-state index is 0.0796. The van der Waals surface area contributed by atoms with Crippen LogP contribution in [0.5, 0.6) is 5.75 Å². The molecular weight excluding hydrogens is 388 g/mol. The Hall–Kier alpha value is -2.51. The first kappa shape index (κ1) is 19.3. The summed E-state index contributed by atoms with van der Waals surface area (Å²) in [7, 11) is 0. The van der Waals surface area contributed by atoms with Crippen molar-refractivity contribution in [1.82, 2.24) is 10.1 Å². The van der Waals surface area contributed by atoms with Crippen molar-refractivity contribution in [2.75, 3.05) is 12.4 Å². The van der Waals surface area contributed by atoms with Gasteiger partial charge in [-0.3, -0.25) is 4.79 Å². The van der Waals surface area contributed by atoms with Crippen molar-refractivity contribution in [3.8, 4) is 17.1 Å². The molecule has 0 aliphatic carbocycles. The van der Waals surface area contributed by atoms with Crippen molar-refractivity contribution in [3.05, 3.63) is 59.4 Å². The van der Waals surface area contributed by atoms with Gasteiger partial charge in [-0.15, -0.1) is 11.8 Å². The number of thioether (sulfide) groups is 1. The van der Waals surface area contributed by atoms with E-state index in [4.69, 9.17) is 25.6 Å². The van der Waals surface area contributed by atoms with Gasteiger partial charge in [0.05, 0.1) is 17.9 Å². The van der Waals surface area contributed by atoms with Crippen molar-refractivity contribution in [1.29, 1.82) is 0 Å². The van der Waals surface area contributed by atoms with Gasteiger partial charge < -0.3 is 14.0 Å². The molecule has 0 bridgehead atoms. The lowest BCUT2D eigenvalue weighted by atomic mass is 10.2. The summed E-state index contributed by atoms with van der Waals surface area (Å²) in [5.74, 6) is 1.09. The molecule has 0 aliphatic rings. The Morgan fingerprint density at radius 2 is 1.96 bits per heavy atom. The lowest BCUT2D eigenvalue weighted by molar-refractivity contribution is -0.142. The molecule has 0 radical (unpaired) electrons. The molecule has 6 nitrogen and oxygen atoms in total. The molecule has 0 spiro atoms. The van der Waals surface area contributed by atoms with Crippen molar-refractivity contribution >= 4 is 29.3 Å². The molecular formula is C19H17ClN2O4S. The van der Waals surface area contributed by atoms with Gasteiger partial charge in [-0.2, -0.15) is 4.98 Å². The van der Waals surface area contributed by atoms with Gasteiger partial charge in [-0.25, -0.2) is 0 Å². The fraction of sp³-hybridized carbons (Fsp3) is 0.211. The maximum Gasteiger partial charge on any atom is 0.316 e. The molecule has 8 heteroatoms. The minimum atomic E-state index is -0.371. The Bertz CT molecular complexity index is 899. The number of benzene rings is 2. The van der Waals surface area contributed by atoms with E-state index in [-0.39, 0.29) is 24.2 Å². The quantitative estimate of drug-likeness (QED) is 0.400. The van der Waals surface area contributed by atoms with Crippen molar-refractivity contribution in [2.24, 2.45) is 0 Å². The molecule has 140 valence electrons. The van der Waals surface area contributed by atoms with Crippen LogP contribution in [0.3, 0.4) is 0 Å². The monoisotopic (exact) mass is 404 g/mol. The van der Waals surface area contributed by atoms with Gasteiger partial charge in [0.2, 0.25) is 5.82 Å². The Morgan fingerprint density at radius 1 is 1.19 bits per heavy atom. The van der Waals surface area contributed by atoms with Gasteiger partial charge >= 0.3 is 5.97 Å². The highest BCUT2D eigenvalue weighted by Crippen LogP contribution is 2.27. The number of hydrogen-bond acceptors (Lipinski definition) is 7. The van der Waals surface area contributed by atoms with E-state index >= 15 is 0 Å². The van der Waals surface area contributed by atoms with Crippen LogP contribution in [0, 0.1) is 0 Å². The van der Waals surface area contributed by atoms with E-state index < -0.39 is 0 Å². The minimum Gasteiger partial charge on any atom is -0.493 e. The number of para-hydroxylation sites is 1. The summed E-state index contributed by atoms with van der Waals surface area (Å²) < 4.78 is 15.9. The lowest BCUT2D eigenvalue weighted by Gasteiger charge is -2.06. The topological polar surface area (TPSA) is 74.5 Å². The Labute approximate surface area is 165 Å². The highest BCUT2D eigenvalue weighted by Gasteiger charge is 2.14. The zero-order chi connectivity index (χ0) is 19.1. The average molecular weight is 405 g/mol. The molecule has 0 saturated carbocycles. The number of ether oxygens (including phenoxy) is 2. The molecule has 1 heterocycles. The molecule has 0 amide bonds. The third-order valence-electron chi connectivity index (χ3n) is 3.42.